The first-order valence-electron chi connectivity index (χ1n) is 4.67. The zero-order valence-corrected chi connectivity index (χ0v) is 8.17. The minimum Gasteiger partial charge on any atom is -0.258 e. The molecule has 12 heavy (non-hydrogen) atoms. The normalized spacial score (nSPS) is 12.9. The molecule has 0 aliphatic carbocycles. The van der Waals surface area contributed by atoms with Gasteiger partial charge in [-0.3, -0.25) is 4.98 Å². The smallest absolute Gasteiger partial charge is 0.0434 e. The van der Waals surface area contributed by atoms with Crippen molar-refractivity contribution < 1.29 is 0 Å². The summed E-state index contributed by atoms with van der Waals surface area (Å²) in [5, 5.41) is 0. The highest BCUT2D eigenvalue weighted by molar-refractivity contribution is 5.13. The lowest BCUT2D eigenvalue weighted by molar-refractivity contribution is 0.645. The van der Waals surface area contributed by atoms with Gasteiger partial charge in [0.15, 0.2) is 0 Å². The SMILES string of the molecule is CCCC(C)c1cccc(C)n1. The van der Waals surface area contributed by atoms with Crippen LogP contribution in [0.1, 0.15) is 44.0 Å². The molecule has 1 unspecified atom stereocenters. The number of pyridine rings is 1. The molecule has 66 valence electrons. The molecule has 0 saturated carbocycles. The molecule has 0 spiro atoms. The van der Waals surface area contributed by atoms with Crippen molar-refractivity contribution in [2.24, 2.45) is 0 Å². The van der Waals surface area contributed by atoms with E-state index in [1.165, 1.54) is 18.5 Å². The Morgan fingerprint density at radius 3 is 2.75 bits per heavy atom. The van der Waals surface area contributed by atoms with Gasteiger partial charge in [0.1, 0.15) is 0 Å². The highest BCUT2D eigenvalue weighted by atomic mass is 14.7. The molecule has 0 amide bonds. The zero-order chi connectivity index (χ0) is 8.97. The summed E-state index contributed by atoms with van der Waals surface area (Å²) < 4.78 is 0. The molecule has 0 aliphatic heterocycles. The summed E-state index contributed by atoms with van der Waals surface area (Å²) in [4.78, 5) is 4.49. The van der Waals surface area contributed by atoms with Crippen LogP contribution in [-0.2, 0) is 0 Å². The fourth-order valence-electron chi connectivity index (χ4n) is 1.42. The number of hydrogen-bond acceptors (Lipinski definition) is 1. The molecule has 0 saturated heterocycles. The molecule has 1 aromatic rings. The first-order valence-corrected chi connectivity index (χ1v) is 4.67. The van der Waals surface area contributed by atoms with Gasteiger partial charge in [-0.2, -0.15) is 0 Å². The van der Waals surface area contributed by atoms with Crippen LogP contribution in [0.5, 0.6) is 0 Å². The van der Waals surface area contributed by atoms with E-state index in [9.17, 15) is 0 Å². The second-order valence-electron chi connectivity index (χ2n) is 3.39. The Hall–Kier alpha value is -0.850. The van der Waals surface area contributed by atoms with Crippen molar-refractivity contribution in [3.8, 4) is 0 Å². The second kappa shape index (κ2) is 4.24. The van der Waals surface area contributed by atoms with Gasteiger partial charge in [-0.1, -0.05) is 26.3 Å². The van der Waals surface area contributed by atoms with Crippen LogP contribution in [0.3, 0.4) is 0 Å². The van der Waals surface area contributed by atoms with Gasteiger partial charge in [0.05, 0.1) is 0 Å². The predicted molar refractivity (Wildman–Crippen MR) is 52.3 cm³/mol. The largest absolute Gasteiger partial charge is 0.258 e. The van der Waals surface area contributed by atoms with E-state index in [0.717, 1.165) is 5.69 Å². The fourth-order valence-corrected chi connectivity index (χ4v) is 1.42. The van der Waals surface area contributed by atoms with Gasteiger partial charge < -0.3 is 0 Å². The fraction of sp³-hybridized carbons (Fsp3) is 0.545. The Balaban J connectivity index is 2.73. The molecule has 0 aliphatic rings. The summed E-state index contributed by atoms with van der Waals surface area (Å²) in [5.41, 5.74) is 2.35. The van der Waals surface area contributed by atoms with Crippen molar-refractivity contribution in [3.63, 3.8) is 0 Å². The van der Waals surface area contributed by atoms with Gasteiger partial charge in [0, 0.05) is 11.4 Å². The molecule has 1 rings (SSSR count). The third-order valence-corrected chi connectivity index (χ3v) is 2.14. The third kappa shape index (κ3) is 2.33. The Kier molecular flexibility index (Phi) is 3.27. The zero-order valence-electron chi connectivity index (χ0n) is 8.17. The van der Waals surface area contributed by atoms with E-state index in [0.29, 0.717) is 5.92 Å². The van der Waals surface area contributed by atoms with Crippen LogP contribution in [0.4, 0.5) is 0 Å². The Morgan fingerprint density at radius 1 is 1.42 bits per heavy atom. The summed E-state index contributed by atoms with van der Waals surface area (Å²) in [6.45, 7) is 6.50. The molecule has 1 heterocycles. The summed E-state index contributed by atoms with van der Waals surface area (Å²) in [6.07, 6.45) is 2.47. The molecule has 0 aromatic carbocycles. The van der Waals surface area contributed by atoms with Gasteiger partial charge in [-0.25, -0.2) is 0 Å². The van der Waals surface area contributed by atoms with E-state index in [1.807, 2.05) is 13.0 Å². The van der Waals surface area contributed by atoms with Gasteiger partial charge in [-0.15, -0.1) is 0 Å². The minimum atomic E-state index is 0.606. The molecular formula is C11H17N. The Bertz CT molecular complexity index is 243. The summed E-state index contributed by atoms with van der Waals surface area (Å²) in [5.74, 6) is 0.606. The van der Waals surface area contributed by atoms with Crippen molar-refractivity contribution in [1.29, 1.82) is 0 Å². The molecule has 1 aromatic heterocycles. The van der Waals surface area contributed by atoms with Crippen molar-refractivity contribution in [3.05, 3.63) is 29.6 Å². The van der Waals surface area contributed by atoms with Crippen molar-refractivity contribution >= 4 is 0 Å². The number of aryl methyl sites for hydroxylation is 1. The van der Waals surface area contributed by atoms with Gasteiger partial charge in [0.2, 0.25) is 0 Å². The van der Waals surface area contributed by atoms with Crippen LogP contribution < -0.4 is 0 Å². The standard InChI is InChI=1S/C11H17N/c1-4-6-9(2)11-8-5-7-10(3)12-11/h5,7-9H,4,6H2,1-3H3. The first-order chi connectivity index (χ1) is 5.74. The van der Waals surface area contributed by atoms with Crippen LogP contribution in [0.2, 0.25) is 0 Å². The molecular weight excluding hydrogens is 146 g/mol. The monoisotopic (exact) mass is 163 g/mol. The summed E-state index contributed by atoms with van der Waals surface area (Å²) in [7, 11) is 0. The molecule has 0 fully saturated rings. The molecule has 1 atom stereocenters. The van der Waals surface area contributed by atoms with Gasteiger partial charge >= 0.3 is 0 Å². The molecule has 0 radical (unpaired) electrons. The van der Waals surface area contributed by atoms with Gasteiger partial charge in [-0.05, 0) is 31.4 Å². The van der Waals surface area contributed by atoms with Crippen LogP contribution >= 0.6 is 0 Å². The van der Waals surface area contributed by atoms with E-state index in [1.54, 1.807) is 0 Å². The molecule has 0 N–H and O–H groups in total. The van der Waals surface area contributed by atoms with Crippen LogP contribution in [0.15, 0.2) is 18.2 Å². The summed E-state index contributed by atoms with van der Waals surface area (Å²) in [6, 6.07) is 6.25. The van der Waals surface area contributed by atoms with Crippen LogP contribution in [-0.4, -0.2) is 4.98 Å². The summed E-state index contributed by atoms with van der Waals surface area (Å²) >= 11 is 0. The van der Waals surface area contributed by atoms with Crippen LogP contribution in [0.25, 0.3) is 0 Å². The van der Waals surface area contributed by atoms with E-state index < -0.39 is 0 Å². The van der Waals surface area contributed by atoms with Crippen molar-refractivity contribution in [1.82, 2.24) is 4.98 Å². The Morgan fingerprint density at radius 2 is 2.17 bits per heavy atom. The predicted octanol–water partition coefficient (Wildman–Crippen LogP) is 3.29. The topological polar surface area (TPSA) is 12.9 Å². The van der Waals surface area contributed by atoms with Crippen molar-refractivity contribution in [2.75, 3.05) is 0 Å². The third-order valence-electron chi connectivity index (χ3n) is 2.14. The van der Waals surface area contributed by atoms with E-state index in [-0.39, 0.29) is 0 Å². The quantitative estimate of drug-likeness (QED) is 0.666. The lowest BCUT2D eigenvalue weighted by atomic mass is 10.0. The average Bonchev–Trinajstić information content (AvgIpc) is 2.05. The maximum absolute atomic E-state index is 4.49. The highest BCUT2D eigenvalue weighted by Crippen LogP contribution is 2.17. The van der Waals surface area contributed by atoms with Crippen LogP contribution in [0, 0.1) is 6.92 Å². The second-order valence-corrected chi connectivity index (χ2v) is 3.39. The van der Waals surface area contributed by atoms with E-state index >= 15 is 0 Å². The molecule has 1 nitrogen and oxygen atoms in total. The van der Waals surface area contributed by atoms with E-state index in [4.69, 9.17) is 0 Å². The van der Waals surface area contributed by atoms with Crippen molar-refractivity contribution in [2.45, 2.75) is 39.5 Å². The maximum Gasteiger partial charge on any atom is 0.0434 e. The number of nitrogens with zero attached hydrogens (tertiary/aromatic N) is 1. The maximum atomic E-state index is 4.49. The lowest BCUT2D eigenvalue weighted by Crippen LogP contribution is -1.97. The average molecular weight is 163 g/mol. The number of hydrogen-bond donors (Lipinski definition) is 0. The minimum absolute atomic E-state index is 0.606. The highest BCUT2D eigenvalue weighted by Gasteiger charge is 2.04. The first kappa shape index (κ1) is 9.24. The van der Waals surface area contributed by atoms with E-state index in [2.05, 4.69) is 31.0 Å². The number of rotatable bonds is 3. The number of aromatic nitrogens is 1. The van der Waals surface area contributed by atoms with Gasteiger partial charge in [0.25, 0.3) is 0 Å². The molecule has 0 bridgehead atoms. The molecule has 1 heteroatoms. The lowest BCUT2D eigenvalue weighted by Gasteiger charge is -2.09. The Labute approximate surface area is 74.8 Å².